The molecule has 2 aliphatic heterocycles. The van der Waals surface area contributed by atoms with Crippen molar-refractivity contribution in [1.29, 1.82) is 0 Å². The molecule has 2 fully saturated rings. The van der Waals surface area contributed by atoms with Gasteiger partial charge < -0.3 is 15.4 Å². The number of nitrogens with zero attached hydrogens (tertiary/aromatic N) is 2. The minimum Gasteiger partial charge on any atom is -0.379 e. The highest BCUT2D eigenvalue weighted by molar-refractivity contribution is 8.00. The predicted octanol–water partition coefficient (Wildman–Crippen LogP) is 5.56. The maximum absolute atomic E-state index is 12.3. The van der Waals surface area contributed by atoms with Crippen molar-refractivity contribution in [3.63, 3.8) is 0 Å². The highest BCUT2D eigenvalue weighted by Gasteiger charge is 2.56. The van der Waals surface area contributed by atoms with Crippen LogP contribution in [0.5, 0.6) is 0 Å². The molecule has 7 rings (SSSR count). The molecule has 3 aliphatic rings. The van der Waals surface area contributed by atoms with Gasteiger partial charge in [0.25, 0.3) is 0 Å². The van der Waals surface area contributed by atoms with Gasteiger partial charge in [0.05, 0.1) is 23.9 Å². The van der Waals surface area contributed by atoms with Gasteiger partial charge >= 0.3 is 0 Å². The first kappa shape index (κ1) is 22.3. The molecule has 0 radical (unpaired) electrons. The van der Waals surface area contributed by atoms with Gasteiger partial charge in [0.2, 0.25) is 5.91 Å². The quantitative estimate of drug-likeness (QED) is 0.355. The van der Waals surface area contributed by atoms with Gasteiger partial charge in [-0.1, -0.05) is 12.0 Å². The number of anilines is 3. The molecule has 2 N–H and O–H groups in total. The number of carbonyl (C=O) groups excluding carboxylic acids is 1. The second-order valence-electron chi connectivity index (χ2n) is 9.88. The van der Waals surface area contributed by atoms with E-state index in [0.29, 0.717) is 10.9 Å². The highest BCUT2D eigenvalue weighted by Crippen LogP contribution is 2.55. The molecule has 1 spiro atoms. The van der Waals surface area contributed by atoms with Gasteiger partial charge in [-0.05, 0) is 79.3 Å². The van der Waals surface area contributed by atoms with Crippen LogP contribution in [-0.2, 0) is 14.9 Å². The third-order valence-electron chi connectivity index (χ3n) is 7.31. The van der Waals surface area contributed by atoms with Crippen LogP contribution < -0.4 is 10.6 Å². The van der Waals surface area contributed by atoms with E-state index in [9.17, 15) is 4.79 Å². The van der Waals surface area contributed by atoms with E-state index in [4.69, 9.17) is 4.74 Å². The topological polar surface area (TPSA) is 76.1 Å². The number of aromatic nitrogens is 2. The van der Waals surface area contributed by atoms with Crippen molar-refractivity contribution in [3.8, 4) is 11.8 Å². The Morgan fingerprint density at radius 2 is 1.97 bits per heavy atom. The Balaban J connectivity index is 1.15. The number of ether oxygens (including phenoxy) is 1. The molecule has 0 bridgehead atoms. The Bertz CT molecular complexity index is 1650. The molecule has 2 aromatic carbocycles. The Morgan fingerprint density at radius 1 is 1.08 bits per heavy atom. The Kier molecular flexibility index (Phi) is 5.20. The number of hydrogen-bond acceptors (Lipinski definition) is 6. The number of nitrogens with one attached hydrogen (secondary N) is 2. The molecule has 182 valence electrons. The van der Waals surface area contributed by atoms with Crippen molar-refractivity contribution >= 4 is 45.6 Å². The average Bonchev–Trinajstić information content (AvgIpc) is 3.63. The third kappa shape index (κ3) is 4.03. The fourth-order valence-corrected chi connectivity index (χ4v) is 6.06. The van der Waals surface area contributed by atoms with Crippen LogP contribution in [0.4, 0.5) is 17.2 Å². The number of carbonyl (C=O) groups is 1. The number of benzene rings is 2. The third-order valence-corrected chi connectivity index (χ3v) is 8.44. The summed E-state index contributed by atoms with van der Waals surface area (Å²) >= 11 is 1.86. The SMILES string of the molecule is Cc1cc(SC2COC2)ccc1Nc1cc2c(C#Cc3ccc4c(c3)NC(=O)C43CC3)nccc2cn1. The van der Waals surface area contributed by atoms with Crippen molar-refractivity contribution in [2.75, 3.05) is 23.8 Å². The fourth-order valence-electron chi connectivity index (χ4n) is 4.96. The Hall–Kier alpha value is -3.86. The zero-order valence-corrected chi connectivity index (χ0v) is 21.1. The molecule has 1 amide bonds. The van der Waals surface area contributed by atoms with E-state index < -0.39 is 0 Å². The molecule has 0 unspecified atom stereocenters. The first-order valence-corrected chi connectivity index (χ1v) is 13.3. The summed E-state index contributed by atoms with van der Waals surface area (Å²) in [7, 11) is 0. The smallest absolute Gasteiger partial charge is 0.235 e. The number of thioether (sulfide) groups is 1. The lowest BCUT2D eigenvalue weighted by Crippen LogP contribution is -2.29. The van der Waals surface area contributed by atoms with Crippen molar-refractivity contribution in [1.82, 2.24) is 9.97 Å². The second-order valence-corrected chi connectivity index (χ2v) is 11.2. The standard InChI is InChI=1S/C30H24N4O2S/c1-18-12-21(37-22-16-36-17-22)4-7-25(18)33-28-14-23-20(15-32-28)8-11-31-26(23)6-3-19-2-5-24-27(13-19)34-29(35)30(24)9-10-30/h2,4-5,7-8,11-15,22H,9-10,16-17H2,1H3,(H,32,33)(H,34,35). The van der Waals surface area contributed by atoms with E-state index in [1.54, 1.807) is 6.20 Å². The van der Waals surface area contributed by atoms with Gasteiger partial charge in [-0.2, -0.15) is 0 Å². The maximum atomic E-state index is 12.3. The summed E-state index contributed by atoms with van der Waals surface area (Å²) in [6.07, 6.45) is 5.47. The molecule has 1 aliphatic carbocycles. The van der Waals surface area contributed by atoms with Crippen LogP contribution in [0.25, 0.3) is 10.8 Å². The van der Waals surface area contributed by atoms with Crippen LogP contribution in [-0.4, -0.2) is 34.3 Å². The van der Waals surface area contributed by atoms with Crippen LogP contribution in [0.2, 0.25) is 0 Å². The normalized spacial score (nSPS) is 17.1. The number of pyridine rings is 2. The van der Waals surface area contributed by atoms with E-state index in [0.717, 1.165) is 70.7 Å². The van der Waals surface area contributed by atoms with E-state index in [1.165, 1.54) is 4.90 Å². The van der Waals surface area contributed by atoms with Crippen molar-refractivity contribution in [3.05, 3.63) is 83.3 Å². The summed E-state index contributed by atoms with van der Waals surface area (Å²) in [6.45, 7) is 3.76. The summed E-state index contributed by atoms with van der Waals surface area (Å²) in [5.41, 5.74) is 5.44. The van der Waals surface area contributed by atoms with Crippen LogP contribution >= 0.6 is 11.8 Å². The first-order valence-electron chi connectivity index (χ1n) is 12.4. The summed E-state index contributed by atoms with van der Waals surface area (Å²) in [5.74, 6) is 7.34. The monoisotopic (exact) mass is 504 g/mol. The number of hydrogen-bond donors (Lipinski definition) is 2. The summed E-state index contributed by atoms with van der Waals surface area (Å²) in [5, 5.41) is 8.96. The van der Waals surface area contributed by atoms with Gasteiger partial charge in [-0.3, -0.25) is 4.79 Å². The molecule has 4 aromatic rings. The lowest BCUT2D eigenvalue weighted by molar-refractivity contribution is -0.117. The Morgan fingerprint density at radius 3 is 2.76 bits per heavy atom. The molecule has 6 nitrogen and oxygen atoms in total. The van der Waals surface area contributed by atoms with Gasteiger partial charge in [-0.15, -0.1) is 11.8 Å². The lowest BCUT2D eigenvalue weighted by Gasteiger charge is -2.25. The molecule has 0 atom stereocenters. The maximum Gasteiger partial charge on any atom is 0.235 e. The molecule has 4 heterocycles. The highest BCUT2D eigenvalue weighted by atomic mass is 32.2. The summed E-state index contributed by atoms with van der Waals surface area (Å²) < 4.78 is 5.29. The second kappa shape index (κ2) is 8.62. The van der Waals surface area contributed by atoms with Crippen LogP contribution in [0.1, 0.15) is 35.2 Å². The van der Waals surface area contributed by atoms with Crippen molar-refractivity contribution < 1.29 is 9.53 Å². The summed E-state index contributed by atoms with van der Waals surface area (Å²) in [4.78, 5) is 22.7. The molecular weight excluding hydrogens is 480 g/mol. The van der Waals surface area contributed by atoms with Crippen molar-refractivity contribution in [2.24, 2.45) is 0 Å². The molecule has 7 heteroatoms. The largest absolute Gasteiger partial charge is 0.379 e. The van der Waals surface area contributed by atoms with Gasteiger partial charge in [0, 0.05) is 45.0 Å². The molecular formula is C30H24N4O2S. The number of aryl methyl sites for hydroxylation is 1. The van der Waals surface area contributed by atoms with Crippen molar-refractivity contribution in [2.45, 2.75) is 35.3 Å². The summed E-state index contributed by atoms with van der Waals surface area (Å²) in [6, 6.07) is 16.4. The minimum absolute atomic E-state index is 0.118. The number of fused-ring (bicyclic) bond motifs is 3. The zero-order valence-electron chi connectivity index (χ0n) is 20.3. The first-order chi connectivity index (χ1) is 18.1. The van der Waals surface area contributed by atoms with E-state index in [2.05, 4.69) is 57.6 Å². The molecule has 37 heavy (non-hydrogen) atoms. The fraction of sp³-hybridized carbons (Fsp3) is 0.233. The van der Waals surface area contributed by atoms with Crippen LogP contribution in [0, 0.1) is 18.8 Å². The van der Waals surface area contributed by atoms with Crippen LogP contribution in [0.3, 0.4) is 0 Å². The van der Waals surface area contributed by atoms with Crippen LogP contribution in [0.15, 0.2) is 65.8 Å². The lowest BCUT2D eigenvalue weighted by atomic mass is 9.97. The minimum atomic E-state index is -0.280. The van der Waals surface area contributed by atoms with Gasteiger partial charge in [0.15, 0.2) is 0 Å². The van der Waals surface area contributed by atoms with Gasteiger partial charge in [0.1, 0.15) is 11.5 Å². The molecule has 1 saturated heterocycles. The van der Waals surface area contributed by atoms with E-state index >= 15 is 0 Å². The number of rotatable bonds is 4. The Labute approximate surface area is 219 Å². The predicted molar refractivity (Wildman–Crippen MR) is 146 cm³/mol. The van der Waals surface area contributed by atoms with Gasteiger partial charge in [-0.25, -0.2) is 9.97 Å². The number of amides is 1. The average molecular weight is 505 g/mol. The molecule has 2 aromatic heterocycles. The van der Waals surface area contributed by atoms with E-state index in [-0.39, 0.29) is 11.3 Å². The molecule has 1 saturated carbocycles. The zero-order chi connectivity index (χ0) is 25.0. The van der Waals surface area contributed by atoms with E-state index in [1.807, 2.05) is 48.3 Å².